The fourth-order valence-corrected chi connectivity index (χ4v) is 1.89. The van der Waals surface area contributed by atoms with Gasteiger partial charge in [0.1, 0.15) is 23.8 Å². The summed E-state index contributed by atoms with van der Waals surface area (Å²) in [5.74, 6) is -1.33. The Morgan fingerprint density at radius 3 is 2.57 bits per heavy atom. The molecule has 0 unspecified atom stereocenters. The summed E-state index contributed by atoms with van der Waals surface area (Å²) >= 11 is 5.88. The Bertz CT molecular complexity index is 529. The molecule has 1 rings (SSSR count). The summed E-state index contributed by atoms with van der Waals surface area (Å²) < 4.78 is 23.9. The molecule has 0 atom stereocenters. The van der Waals surface area contributed by atoms with Crippen molar-refractivity contribution in [3.05, 3.63) is 28.5 Å². The summed E-state index contributed by atoms with van der Waals surface area (Å²) in [7, 11) is 0. The quantitative estimate of drug-likeness (QED) is 0.572. The van der Waals surface area contributed by atoms with E-state index in [1.165, 1.54) is 6.07 Å². The van der Waals surface area contributed by atoms with E-state index in [0.717, 1.165) is 6.07 Å². The molecule has 116 valence electrons. The molecular formula is C15H18ClFO4. The van der Waals surface area contributed by atoms with E-state index in [1.807, 2.05) is 13.8 Å². The maximum atomic E-state index is 13.8. The molecule has 0 aromatic heterocycles. The van der Waals surface area contributed by atoms with Gasteiger partial charge in [-0.15, -0.1) is 0 Å². The topological polar surface area (TPSA) is 52.6 Å². The van der Waals surface area contributed by atoms with Crippen LogP contribution in [0.5, 0.6) is 5.75 Å². The first-order valence-electron chi connectivity index (χ1n) is 6.65. The number of halogens is 2. The molecule has 0 spiro atoms. The zero-order chi connectivity index (χ0) is 16.0. The van der Waals surface area contributed by atoms with E-state index >= 15 is 0 Å². The smallest absolute Gasteiger partial charge is 0.313 e. The van der Waals surface area contributed by atoms with Crippen molar-refractivity contribution >= 4 is 23.4 Å². The van der Waals surface area contributed by atoms with Crippen molar-refractivity contribution in [1.82, 2.24) is 0 Å². The minimum absolute atomic E-state index is 0.129. The van der Waals surface area contributed by atoms with Crippen molar-refractivity contribution < 1.29 is 23.5 Å². The normalized spacial score (nSPS) is 10.6. The van der Waals surface area contributed by atoms with Crippen LogP contribution in [0.15, 0.2) is 12.1 Å². The largest absolute Gasteiger partial charge is 0.489 e. The van der Waals surface area contributed by atoms with Gasteiger partial charge in [0.05, 0.1) is 17.7 Å². The Balaban J connectivity index is 2.82. The van der Waals surface area contributed by atoms with Crippen molar-refractivity contribution in [1.29, 1.82) is 0 Å². The highest BCUT2D eigenvalue weighted by Crippen LogP contribution is 2.29. The Labute approximate surface area is 128 Å². The third kappa shape index (κ3) is 5.71. The van der Waals surface area contributed by atoms with Crippen molar-refractivity contribution in [3.63, 3.8) is 0 Å². The molecular weight excluding hydrogens is 299 g/mol. The molecule has 0 aliphatic carbocycles. The molecule has 21 heavy (non-hydrogen) atoms. The van der Waals surface area contributed by atoms with E-state index in [1.54, 1.807) is 6.92 Å². The predicted molar refractivity (Wildman–Crippen MR) is 77.1 cm³/mol. The second kappa shape index (κ2) is 7.98. The van der Waals surface area contributed by atoms with Crippen LogP contribution in [0.4, 0.5) is 4.39 Å². The molecule has 1 aromatic rings. The standard InChI is InChI=1S/C15H18ClFO4/c1-4-20-15(19)7-11(18)5-10-6-14(21-9(2)3)12(16)8-13(10)17/h6,8-9H,4-5,7H2,1-3H3. The first kappa shape index (κ1) is 17.4. The lowest BCUT2D eigenvalue weighted by molar-refractivity contribution is -0.145. The van der Waals surface area contributed by atoms with Crippen LogP contribution in [-0.4, -0.2) is 24.5 Å². The summed E-state index contributed by atoms with van der Waals surface area (Å²) in [4.78, 5) is 22.9. The second-order valence-electron chi connectivity index (χ2n) is 4.74. The van der Waals surface area contributed by atoms with Gasteiger partial charge >= 0.3 is 5.97 Å². The Morgan fingerprint density at radius 2 is 2.00 bits per heavy atom. The van der Waals surface area contributed by atoms with E-state index in [4.69, 9.17) is 16.3 Å². The monoisotopic (exact) mass is 316 g/mol. The maximum absolute atomic E-state index is 13.8. The number of hydrogen-bond donors (Lipinski definition) is 0. The number of ether oxygens (including phenoxy) is 2. The summed E-state index contributed by atoms with van der Waals surface area (Å²) in [5.41, 5.74) is 0.143. The number of ketones is 1. The van der Waals surface area contributed by atoms with Gasteiger partial charge < -0.3 is 9.47 Å². The molecule has 4 nitrogen and oxygen atoms in total. The van der Waals surface area contributed by atoms with Crippen LogP contribution in [0, 0.1) is 5.82 Å². The predicted octanol–water partition coefficient (Wildman–Crippen LogP) is 3.33. The molecule has 0 amide bonds. The highest BCUT2D eigenvalue weighted by atomic mass is 35.5. The van der Waals surface area contributed by atoms with E-state index < -0.39 is 17.6 Å². The summed E-state index contributed by atoms with van der Waals surface area (Å²) in [6.45, 7) is 5.47. The zero-order valence-corrected chi connectivity index (χ0v) is 13.0. The third-order valence-corrected chi connectivity index (χ3v) is 2.79. The fourth-order valence-electron chi connectivity index (χ4n) is 1.70. The molecule has 0 saturated heterocycles. The number of carbonyl (C=O) groups is 2. The van der Waals surface area contributed by atoms with Gasteiger partial charge in [0, 0.05) is 6.42 Å². The van der Waals surface area contributed by atoms with Crippen molar-refractivity contribution in [3.8, 4) is 5.75 Å². The second-order valence-corrected chi connectivity index (χ2v) is 5.15. The van der Waals surface area contributed by atoms with Gasteiger partial charge in [-0.2, -0.15) is 0 Å². The summed E-state index contributed by atoms with van der Waals surface area (Å²) in [6, 6.07) is 2.49. The van der Waals surface area contributed by atoms with E-state index in [2.05, 4.69) is 4.74 Å². The zero-order valence-electron chi connectivity index (χ0n) is 12.2. The lowest BCUT2D eigenvalue weighted by atomic mass is 10.1. The van der Waals surface area contributed by atoms with Gasteiger partial charge in [-0.05, 0) is 38.5 Å². The van der Waals surface area contributed by atoms with Crippen molar-refractivity contribution in [2.24, 2.45) is 0 Å². The van der Waals surface area contributed by atoms with Crippen LogP contribution in [0.1, 0.15) is 32.8 Å². The van der Waals surface area contributed by atoms with Crippen LogP contribution < -0.4 is 4.74 Å². The molecule has 0 radical (unpaired) electrons. The number of Topliss-reactive ketones (excluding diaryl/α,β-unsaturated/α-hetero) is 1. The molecule has 0 saturated carbocycles. The van der Waals surface area contributed by atoms with Gasteiger partial charge in [0.2, 0.25) is 0 Å². The maximum Gasteiger partial charge on any atom is 0.313 e. The fraction of sp³-hybridized carbons (Fsp3) is 0.467. The molecule has 0 N–H and O–H groups in total. The molecule has 0 fully saturated rings. The minimum Gasteiger partial charge on any atom is -0.489 e. The molecule has 0 bridgehead atoms. The van der Waals surface area contributed by atoms with Crippen molar-refractivity contribution in [2.75, 3.05) is 6.61 Å². The average molecular weight is 317 g/mol. The summed E-state index contributed by atoms with van der Waals surface area (Å²) in [5, 5.41) is 0.141. The number of benzene rings is 1. The van der Waals surface area contributed by atoms with Crippen LogP contribution in [0.3, 0.4) is 0 Å². The molecule has 0 aliphatic rings. The van der Waals surface area contributed by atoms with Gasteiger partial charge in [-0.25, -0.2) is 4.39 Å². The Morgan fingerprint density at radius 1 is 1.33 bits per heavy atom. The summed E-state index contributed by atoms with van der Waals surface area (Å²) in [6.07, 6.45) is -0.719. The highest BCUT2D eigenvalue weighted by Gasteiger charge is 2.16. The van der Waals surface area contributed by atoms with E-state index in [0.29, 0.717) is 5.75 Å². The average Bonchev–Trinajstić information content (AvgIpc) is 2.34. The van der Waals surface area contributed by atoms with Crippen LogP contribution >= 0.6 is 11.6 Å². The van der Waals surface area contributed by atoms with Gasteiger partial charge in [0.25, 0.3) is 0 Å². The van der Waals surface area contributed by atoms with Crippen LogP contribution in [0.25, 0.3) is 0 Å². The van der Waals surface area contributed by atoms with Crippen molar-refractivity contribution in [2.45, 2.75) is 39.7 Å². The number of rotatable bonds is 7. The molecule has 0 heterocycles. The van der Waals surface area contributed by atoms with Gasteiger partial charge in [0.15, 0.2) is 0 Å². The first-order chi connectivity index (χ1) is 9.83. The minimum atomic E-state index is -0.615. The third-order valence-electron chi connectivity index (χ3n) is 2.50. The molecule has 1 aromatic carbocycles. The lowest BCUT2D eigenvalue weighted by Crippen LogP contribution is -2.14. The first-order valence-corrected chi connectivity index (χ1v) is 7.03. The molecule has 6 heteroatoms. The van der Waals surface area contributed by atoms with Crippen LogP contribution in [-0.2, 0) is 20.7 Å². The number of esters is 1. The highest BCUT2D eigenvalue weighted by molar-refractivity contribution is 6.32. The Hall–Kier alpha value is -1.62. The Kier molecular flexibility index (Phi) is 6.62. The SMILES string of the molecule is CCOC(=O)CC(=O)Cc1cc(OC(C)C)c(Cl)cc1F. The van der Waals surface area contributed by atoms with E-state index in [9.17, 15) is 14.0 Å². The lowest BCUT2D eigenvalue weighted by Gasteiger charge is -2.13. The van der Waals surface area contributed by atoms with E-state index in [-0.39, 0.29) is 36.1 Å². The van der Waals surface area contributed by atoms with Gasteiger partial charge in [-0.1, -0.05) is 11.6 Å². The molecule has 0 aliphatic heterocycles. The number of hydrogen-bond acceptors (Lipinski definition) is 4. The van der Waals surface area contributed by atoms with Crippen LogP contribution in [0.2, 0.25) is 5.02 Å². The number of carbonyl (C=O) groups excluding carboxylic acids is 2. The van der Waals surface area contributed by atoms with Gasteiger partial charge in [-0.3, -0.25) is 9.59 Å².